The Morgan fingerprint density at radius 2 is 2.00 bits per heavy atom. The van der Waals surface area contributed by atoms with Gasteiger partial charge in [-0.2, -0.15) is 0 Å². The fourth-order valence-electron chi connectivity index (χ4n) is 1.60. The number of amides is 1. The fraction of sp³-hybridized carbons (Fsp3) is 0.533. The lowest BCUT2D eigenvalue weighted by Gasteiger charge is -2.25. The van der Waals surface area contributed by atoms with E-state index in [4.69, 9.17) is 4.74 Å². The largest absolute Gasteiger partial charge is 0.496 e. The monoisotopic (exact) mass is 265 g/mol. The van der Waals surface area contributed by atoms with Gasteiger partial charge in [-0.25, -0.2) is 0 Å². The van der Waals surface area contributed by atoms with Crippen LogP contribution in [0.1, 0.15) is 26.3 Å². The Morgan fingerprint density at radius 1 is 1.37 bits per heavy atom. The highest BCUT2D eigenvalue weighted by Crippen LogP contribution is 2.19. The van der Waals surface area contributed by atoms with Crippen molar-refractivity contribution in [3.63, 3.8) is 0 Å². The van der Waals surface area contributed by atoms with Crippen molar-refractivity contribution in [2.75, 3.05) is 13.7 Å². The molecule has 1 atom stereocenters. The van der Waals surface area contributed by atoms with Gasteiger partial charge in [-0.15, -0.1) is 0 Å². The van der Waals surface area contributed by atoms with E-state index in [-0.39, 0.29) is 24.3 Å². The molecule has 19 heavy (non-hydrogen) atoms. The van der Waals surface area contributed by atoms with E-state index in [1.165, 1.54) is 0 Å². The Bertz CT molecular complexity index is 424. The zero-order valence-corrected chi connectivity index (χ0v) is 12.1. The first-order chi connectivity index (χ1) is 8.84. The minimum absolute atomic E-state index is 0.118. The number of rotatable bonds is 5. The highest BCUT2D eigenvalue weighted by Gasteiger charge is 2.22. The van der Waals surface area contributed by atoms with Crippen molar-refractivity contribution in [3.8, 4) is 5.75 Å². The molecule has 1 aromatic carbocycles. The summed E-state index contributed by atoms with van der Waals surface area (Å²) in [6, 6.07) is 7.42. The van der Waals surface area contributed by atoms with Gasteiger partial charge in [0, 0.05) is 12.1 Å². The Balaban J connectivity index is 2.52. The van der Waals surface area contributed by atoms with Crippen LogP contribution in [0.5, 0.6) is 5.75 Å². The molecule has 0 saturated carbocycles. The molecule has 0 radical (unpaired) electrons. The molecule has 1 amide bonds. The number of hydrogen-bond acceptors (Lipinski definition) is 3. The van der Waals surface area contributed by atoms with Crippen LogP contribution >= 0.6 is 0 Å². The SMILES string of the molecule is COc1ccccc1CC(=O)NCC(O)C(C)(C)C. The van der Waals surface area contributed by atoms with E-state index in [1.54, 1.807) is 7.11 Å². The summed E-state index contributed by atoms with van der Waals surface area (Å²) in [5.74, 6) is 0.585. The molecule has 0 aliphatic carbocycles. The molecular weight excluding hydrogens is 242 g/mol. The minimum Gasteiger partial charge on any atom is -0.496 e. The number of methoxy groups -OCH3 is 1. The molecule has 1 rings (SSSR count). The van der Waals surface area contributed by atoms with Crippen LogP contribution in [-0.2, 0) is 11.2 Å². The predicted octanol–water partition coefficient (Wildman–Crippen LogP) is 1.76. The van der Waals surface area contributed by atoms with Crippen molar-refractivity contribution >= 4 is 5.91 Å². The van der Waals surface area contributed by atoms with Gasteiger partial charge in [-0.3, -0.25) is 4.79 Å². The van der Waals surface area contributed by atoms with Crippen molar-refractivity contribution in [3.05, 3.63) is 29.8 Å². The van der Waals surface area contributed by atoms with Gasteiger partial charge in [0.25, 0.3) is 0 Å². The van der Waals surface area contributed by atoms with E-state index >= 15 is 0 Å². The van der Waals surface area contributed by atoms with Crippen molar-refractivity contribution in [2.24, 2.45) is 5.41 Å². The van der Waals surface area contributed by atoms with Gasteiger partial charge in [0.05, 0.1) is 19.6 Å². The average Bonchev–Trinajstić information content (AvgIpc) is 2.35. The first-order valence-corrected chi connectivity index (χ1v) is 6.41. The normalized spacial score (nSPS) is 12.9. The molecule has 4 heteroatoms. The molecule has 0 aliphatic rings. The maximum Gasteiger partial charge on any atom is 0.224 e. The number of nitrogens with one attached hydrogen (secondary N) is 1. The van der Waals surface area contributed by atoms with Gasteiger partial charge in [0.1, 0.15) is 5.75 Å². The summed E-state index contributed by atoms with van der Waals surface area (Å²) in [7, 11) is 1.58. The standard InChI is InChI=1S/C15H23NO3/c1-15(2,3)13(17)10-16-14(18)9-11-7-5-6-8-12(11)19-4/h5-8,13,17H,9-10H2,1-4H3,(H,16,18). The number of aliphatic hydroxyl groups is 1. The Morgan fingerprint density at radius 3 is 2.58 bits per heavy atom. The number of aliphatic hydroxyl groups excluding tert-OH is 1. The predicted molar refractivity (Wildman–Crippen MR) is 75.2 cm³/mol. The van der Waals surface area contributed by atoms with Crippen LogP contribution in [0, 0.1) is 5.41 Å². The maximum absolute atomic E-state index is 11.8. The van der Waals surface area contributed by atoms with E-state index < -0.39 is 6.10 Å². The van der Waals surface area contributed by atoms with Crippen molar-refractivity contribution in [2.45, 2.75) is 33.3 Å². The highest BCUT2D eigenvalue weighted by molar-refractivity contribution is 5.79. The summed E-state index contributed by atoms with van der Waals surface area (Å²) in [6.07, 6.45) is -0.310. The number of carbonyl (C=O) groups excluding carboxylic acids is 1. The molecule has 106 valence electrons. The van der Waals surface area contributed by atoms with E-state index in [2.05, 4.69) is 5.32 Å². The molecule has 0 fully saturated rings. The summed E-state index contributed by atoms with van der Waals surface area (Å²) in [5.41, 5.74) is 0.602. The lowest BCUT2D eigenvalue weighted by Crippen LogP contribution is -2.39. The van der Waals surface area contributed by atoms with Gasteiger partial charge in [-0.05, 0) is 11.5 Å². The van der Waals surface area contributed by atoms with E-state index in [0.29, 0.717) is 5.75 Å². The van der Waals surface area contributed by atoms with Crippen LogP contribution in [0.15, 0.2) is 24.3 Å². The molecule has 2 N–H and O–H groups in total. The van der Waals surface area contributed by atoms with E-state index in [0.717, 1.165) is 5.56 Å². The Kier molecular flexibility index (Phi) is 5.36. The topological polar surface area (TPSA) is 58.6 Å². The van der Waals surface area contributed by atoms with Gasteiger partial charge >= 0.3 is 0 Å². The third-order valence-electron chi connectivity index (χ3n) is 3.04. The zero-order chi connectivity index (χ0) is 14.5. The van der Waals surface area contributed by atoms with Gasteiger partial charge in [0.2, 0.25) is 5.91 Å². The van der Waals surface area contributed by atoms with Crippen LogP contribution in [0.4, 0.5) is 0 Å². The second kappa shape index (κ2) is 6.57. The number of para-hydroxylation sites is 1. The van der Waals surface area contributed by atoms with Crippen LogP contribution in [-0.4, -0.2) is 30.8 Å². The third-order valence-corrected chi connectivity index (χ3v) is 3.04. The highest BCUT2D eigenvalue weighted by atomic mass is 16.5. The maximum atomic E-state index is 11.8. The summed E-state index contributed by atoms with van der Waals surface area (Å²) in [4.78, 5) is 11.8. The molecule has 0 heterocycles. The van der Waals surface area contributed by atoms with E-state index in [9.17, 15) is 9.90 Å². The Hall–Kier alpha value is -1.55. The van der Waals surface area contributed by atoms with Crippen LogP contribution < -0.4 is 10.1 Å². The summed E-state index contributed by atoms with van der Waals surface area (Å²) in [5, 5.41) is 12.6. The van der Waals surface area contributed by atoms with Gasteiger partial charge < -0.3 is 15.2 Å². The number of ether oxygens (including phenoxy) is 1. The van der Waals surface area contributed by atoms with Crippen molar-refractivity contribution in [1.29, 1.82) is 0 Å². The lowest BCUT2D eigenvalue weighted by atomic mass is 9.89. The van der Waals surface area contributed by atoms with Crippen molar-refractivity contribution < 1.29 is 14.6 Å². The number of hydrogen-bond donors (Lipinski definition) is 2. The zero-order valence-electron chi connectivity index (χ0n) is 12.1. The van der Waals surface area contributed by atoms with Crippen molar-refractivity contribution in [1.82, 2.24) is 5.32 Å². The van der Waals surface area contributed by atoms with Gasteiger partial charge in [0.15, 0.2) is 0 Å². The smallest absolute Gasteiger partial charge is 0.224 e. The van der Waals surface area contributed by atoms with E-state index in [1.807, 2.05) is 45.0 Å². The average molecular weight is 265 g/mol. The quantitative estimate of drug-likeness (QED) is 0.853. The molecule has 0 aromatic heterocycles. The molecule has 0 bridgehead atoms. The molecule has 0 aliphatic heterocycles. The fourth-order valence-corrected chi connectivity index (χ4v) is 1.60. The van der Waals surface area contributed by atoms with Crippen LogP contribution in [0.25, 0.3) is 0 Å². The summed E-state index contributed by atoms with van der Waals surface area (Å²) < 4.78 is 5.20. The molecule has 1 aromatic rings. The Labute approximate surface area is 114 Å². The van der Waals surface area contributed by atoms with Gasteiger partial charge in [-0.1, -0.05) is 39.0 Å². The number of carbonyl (C=O) groups is 1. The molecular formula is C15H23NO3. The third kappa shape index (κ3) is 4.91. The molecule has 4 nitrogen and oxygen atoms in total. The second-order valence-corrected chi connectivity index (χ2v) is 5.67. The molecule has 0 spiro atoms. The lowest BCUT2D eigenvalue weighted by molar-refractivity contribution is -0.121. The molecule has 0 saturated heterocycles. The summed E-state index contributed by atoms with van der Waals surface area (Å²) >= 11 is 0. The second-order valence-electron chi connectivity index (χ2n) is 5.67. The molecule has 1 unspecified atom stereocenters. The summed E-state index contributed by atoms with van der Waals surface area (Å²) in [6.45, 7) is 6.07. The number of benzene rings is 1. The minimum atomic E-state index is -0.561. The first kappa shape index (κ1) is 15.5. The first-order valence-electron chi connectivity index (χ1n) is 6.41. The van der Waals surface area contributed by atoms with Crippen LogP contribution in [0.3, 0.4) is 0 Å². The van der Waals surface area contributed by atoms with Crippen LogP contribution in [0.2, 0.25) is 0 Å².